The third-order valence-corrected chi connectivity index (χ3v) is 0. The van der Waals surface area contributed by atoms with Gasteiger partial charge in [-0.1, -0.05) is 0 Å². The van der Waals surface area contributed by atoms with Crippen LogP contribution in [0.2, 0.25) is 0 Å². The van der Waals surface area contributed by atoms with Crippen LogP contribution < -0.4 is 14.7 Å². The van der Waals surface area contributed by atoms with Crippen molar-refractivity contribution < 1.29 is 22.3 Å². The van der Waals surface area contributed by atoms with E-state index >= 15 is 0 Å². The maximum atomic E-state index is 8.55. The summed E-state index contributed by atoms with van der Waals surface area (Å²) < 4.78 is 16.8. The van der Waals surface area contributed by atoms with E-state index in [1.807, 2.05) is 0 Å². The molecule has 0 radical (unpaired) electrons. The van der Waals surface area contributed by atoms with Gasteiger partial charge in [0.1, 0.15) is 0 Å². The van der Waals surface area contributed by atoms with Gasteiger partial charge in [-0.3, -0.25) is 0 Å². The third-order valence-electron chi connectivity index (χ3n) is 0. The van der Waals surface area contributed by atoms with Gasteiger partial charge in [-0.05, 0) is 0 Å². The molecule has 0 aromatic heterocycles. The van der Waals surface area contributed by atoms with Crippen molar-refractivity contribution >= 4 is 30.8 Å². The van der Waals surface area contributed by atoms with Gasteiger partial charge in [0, 0.05) is 0 Å². The van der Waals surface area contributed by atoms with Gasteiger partial charge in [-0.15, -0.1) is 0 Å². The molecule has 0 spiro atoms. The number of phosphoric acid groups is 1. The van der Waals surface area contributed by atoms with Gasteiger partial charge in [0.25, 0.3) is 0 Å². The summed E-state index contributed by atoms with van der Waals surface area (Å²) in [6.45, 7) is 0. The summed E-state index contributed by atoms with van der Waals surface area (Å²) >= 11 is 0.500. The van der Waals surface area contributed by atoms with E-state index in [1.165, 1.54) is 0 Å². The van der Waals surface area contributed by atoms with Gasteiger partial charge in [-0.2, -0.15) is 7.82 Å². The van der Waals surface area contributed by atoms with Crippen molar-refractivity contribution in [2.75, 3.05) is 0 Å². The van der Waals surface area contributed by atoms with Gasteiger partial charge in [0.05, 0.1) is 0 Å². The molecule has 0 fully saturated rings. The van der Waals surface area contributed by atoms with Crippen molar-refractivity contribution in [1.29, 1.82) is 0 Å². The van der Waals surface area contributed by atoms with E-state index < -0.39 is 7.82 Å². The van der Waals surface area contributed by atoms with Crippen molar-refractivity contribution in [2.45, 2.75) is 0 Å². The fourth-order valence-electron chi connectivity index (χ4n) is 0. The molecule has 0 N–H and O–H groups in total. The molecule has 0 saturated heterocycles. The van der Waals surface area contributed by atoms with E-state index in [1.54, 1.807) is 0 Å². The minimum absolute atomic E-state index is 0.500. The molecule has 7 heavy (non-hydrogen) atoms. The molecule has 7 heteroatoms. The Morgan fingerprint density at radius 2 is 1.14 bits per heavy atom. The minimum atomic E-state index is -5.39. The molecular weight excluding hydrogens is 233 g/mol. The summed E-state index contributed by atoms with van der Waals surface area (Å²) in [5, 5.41) is 0. The van der Waals surface area contributed by atoms with Crippen LogP contribution in [0, 0.1) is 0 Å². The molecular formula is O5PSb. The Labute approximate surface area is 53.5 Å². The van der Waals surface area contributed by atoms with Crippen LogP contribution in [-0.4, -0.2) is 23.0 Å². The quantitative estimate of drug-likeness (QED) is 0.321. The monoisotopic (exact) mass is 232 g/mol. The second-order valence-electron chi connectivity index (χ2n) is 0.447. The Kier molecular flexibility index (Phi) is 7.43. The summed E-state index contributed by atoms with van der Waals surface area (Å²) in [7, 11) is -5.39. The first kappa shape index (κ1) is 10.7. The van der Waals surface area contributed by atoms with Crippen LogP contribution in [-0.2, 0) is 7.58 Å². The number of rotatable bonds is 0. The zero-order valence-electron chi connectivity index (χ0n) is 2.94. The van der Waals surface area contributed by atoms with Gasteiger partial charge in [0.15, 0.2) is 0 Å². The van der Waals surface area contributed by atoms with Crippen molar-refractivity contribution in [3.8, 4) is 0 Å². The van der Waals surface area contributed by atoms with Crippen LogP contribution in [0.1, 0.15) is 0 Å². The summed E-state index contributed by atoms with van der Waals surface area (Å²) in [5.74, 6) is 0. The molecule has 40 valence electrons. The van der Waals surface area contributed by atoms with Crippen LogP contribution in [0.3, 0.4) is 0 Å². The molecule has 0 unspecified atom stereocenters. The second-order valence-corrected chi connectivity index (χ2v) is 1.34. The molecule has 5 nitrogen and oxygen atoms in total. The first-order valence-corrected chi connectivity index (χ1v) is 3.42. The van der Waals surface area contributed by atoms with Crippen LogP contribution in [0.5, 0.6) is 0 Å². The summed E-state index contributed by atoms with van der Waals surface area (Å²) in [6.07, 6.45) is 0. The molecule has 0 aliphatic rings. The van der Waals surface area contributed by atoms with Crippen molar-refractivity contribution in [1.82, 2.24) is 0 Å². The van der Waals surface area contributed by atoms with Crippen LogP contribution in [0.4, 0.5) is 0 Å². The average Bonchev–Trinajstić information content (AvgIpc) is 1.36. The van der Waals surface area contributed by atoms with Crippen molar-refractivity contribution in [3.05, 3.63) is 0 Å². The van der Waals surface area contributed by atoms with E-state index in [4.69, 9.17) is 22.3 Å². The molecule has 0 saturated carbocycles. The average molecular weight is 233 g/mol. The Balaban J connectivity index is 0. The van der Waals surface area contributed by atoms with E-state index in [0.717, 1.165) is 0 Å². The van der Waals surface area contributed by atoms with Gasteiger partial charge in [0.2, 0.25) is 0 Å². The molecule has 0 heterocycles. The maximum absolute atomic E-state index is 8.55. The Bertz CT molecular complexity index is 63.9. The molecule has 0 aromatic rings. The van der Waals surface area contributed by atoms with E-state index in [-0.39, 0.29) is 0 Å². The van der Waals surface area contributed by atoms with E-state index in [2.05, 4.69) is 0 Å². The standard InChI is InChI=1S/H3O4P.O.Sb/c1-5(2,3)4;;/h(H3,1,2,3,4);;/q;;+3/p-3. The van der Waals surface area contributed by atoms with Crippen LogP contribution in [0.25, 0.3) is 0 Å². The normalized spacial score (nSPS) is 9.29. The summed E-state index contributed by atoms with van der Waals surface area (Å²) in [5.41, 5.74) is 0. The first-order chi connectivity index (χ1) is 3.00. The SMILES string of the molecule is O=P([O-])([O-])[O-].[O]=[Sb+3]. The number of hydrogen-bond donors (Lipinski definition) is 0. The zero-order valence-corrected chi connectivity index (χ0v) is 6.38. The van der Waals surface area contributed by atoms with Gasteiger partial charge < -0.3 is 19.2 Å². The predicted octanol–water partition coefficient (Wildman–Crippen LogP) is -3.32. The fourth-order valence-corrected chi connectivity index (χ4v) is 0. The van der Waals surface area contributed by atoms with Crippen molar-refractivity contribution in [3.63, 3.8) is 0 Å². The molecule has 0 aromatic carbocycles. The zero-order chi connectivity index (χ0) is 6.50. The molecule has 0 aliphatic heterocycles. The Hall–Kier alpha value is 0.728. The fraction of sp³-hybridized carbons (Fsp3) is 0. The first-order valence-electron chi connectivity index (χ1n) is 0.913. The molecule has 0 rings (SSSR count). The molecule has 0 aliphatic carbocycles. The third kappa shape index (κ3) is 284. The summed E-state index contributed by atoms with van der Waals surface area (Å²) in [6, 6.07) is 0. The van der Waals surface area contributed by atoms with Crippen LogP contribution in [0.15, 0.2) is 0 Å². The van der Waals surface area contributed by atoms with Crippen LogP contribution >= 0.6 is 7.82 Å². The molecule has 0 atom stereocenters. The summed E-state index contributed by atoms with van der Waals surface area (Å²) in [4.78, 5) is 25.6. The predicted molar refractivity (Wildman–Crippen MR) is 14.0 cm³/mol. The molecule has 0 amide bonds. The van der Waals surface area contributed by atoms with E-state index in [0.29, 0.717) is 23.0 Å². The Morgan fingerprint density at radius 1 is 1.14 bits per heavy atom. The molecule has 0 bridgehead atoms. The van der Waals surface area contributed by atoms with Crippen molar-refractivity contribution in [2.24, 2.45) is 0 Å². The van der Waals surface area contributed by atoms with Gasteiger partial charge in [-0.25, -0.2) is 0 Å². The topological polar surface area (TPSA) is 103 Å². The second kappa shape index (κ2) is 4.88. The van der Waals surface area contributed by atoms with E-state index in [9.17, 15) is 0 Å². The Morgan fingerprint density at radius 3 is 1.14 bits per heavy atom. The van der Waals surface area contributed by atoms with Gasteiger partial charge >= 0.3 is 26.0 Å². The number of hydrogen-bond acceptors (Lipinski definition) is 5.